The number of anilines is 1. The van der Waals surface area contributed by atoms with Gasteiger partial charge in [0, 0.05) is 39.0 Å². The number of ketones is 1. The zero-order chi connectivity index (χ0) is 23.4. The van der Waals surface area contributed by atoms with Gasteiger partial charge in [-0.2, -0.15) is 0 Å². The van der Waals surface area contributed by atoms with Gasteiger partial charge in [-0.25, -0.2) is 0 Å². The van der Waals surface area contributed by atoms with Crippen molar-refractivity contribution in [2.75, 3.05) is 39.3 Å². The third-order valence-corrected chi connectivity index (χ3v) is 5.30. The fraction of sp³-hybridized carbons (Fsp3) is 0.360. The number of carbonyl (C=O) groups excluding carboxylic acids is 2. The lowest BCUT2D eigenvalue weighted by atomic mass is 9.95. The number of ether oxygens (including phenoxy) is 2. The summed E-state index contributed by atoms with van der Waals surface area (Å²) in [6.45, 7) is 4.37. The van der Waals surface area contributed by atoms with E-state index < -0.39 is 17.7 Å². The molecule has 0 aromatic heterocycles. The molecule has 0 saturated carbocycles. The maximum Gasteiger partial charge on any atom is 0.295 e. The van der Waals surface area contributed by atoms with Crippen molar-refractivity contribution in [3.8, 4) is 5.75 Å². The summed E-state index contributed by atoms with van der Waals surface area (Å²) >= 11 is 0. The third kappa shape index (κ3) is 4.78. The lowest BCUT2D eigenvalue weighted by Crippen LogP contribution is -2.32. The van der Waals surface area contributed by atoms with Crippen molar-refractivity contribution >= 4 is 23.1 Å². The molecule has 1 amide bonds. The zero-order valence-corrected chi connectivity index (χ0v) is 19.2. The summed E-state index contributed by atoms with van der Waals surface area (Å²) in [6, 6.07) is 13.7. The second kappa shape index (κ2) is 9.87. The Labute approximate surface area is 188 Å². The van der Waals surface area contributed by atoms with Gasteiger partial charge in [-0.1, -0.05) is 12.1 Å². The average Bonchev–Trinajstić information content (AvgIpc) is 3.02. The van der Waals surface area contributed by atoms with E-state index in [2.05, 4.69) is 0 Å². The molecular formula is C25H30N2O5. The number of hydrogen-bond donors (Lipinski definition) is 1. The minimum atomic E-state index is -0.706. The zero-order valence-electron chi connectivity index (χ0n) is 19.2. The summed E-state index contributed by atoms with van der Waals surface area (Å²) in [6.07, 6.45) is 0.0192. The normalized spacial score (nSPS) is 17.8. The van der Waals surface area contributed by atoms with Crippen LogP contribution in [0.4, 0.5) is 5.69 Å². The molecule has 1 N–H and O–H groups in total. The van der Waals surface area contributed by atoms with Gasteiger partial charge in [0.2, 0.25) is 0 Å². The first-order valence-electron chi connectivity index (χ1n) is 10.6. The Bertz CT molecular complexity index is 994. The second-order valence-corrected chi connectivity index (χ2v) is 8.16. The van der Waals surface area contributed by atoms with E-state index in [0.717, 1.165) is 11.3 Å². The van der Waals surface area contributed by atoms with Crippen molar-refractivity contribution in [1.82, 2.24) is 4.90 Å². The highest BCUT2D eigenvalue weighted by atomic mass is 16.5. The van der Waals surface area contributed by atoms with E-state index >= 15 is 0 Å². The lowest BCUT2D eigenvalue weighted by Gasteiger charge is -2.25. The second-order valence-electron chi connectivity index (χ2n) is 8.16. The quantitative estimate of drug-likeness (QED) is 0.385. The van der Waals surface area contributed by atoms with Gasteiger partial charge in [-0.15, -0.1) is 0 Å². The van der Waals surface area contributed by atoms with E-state index in [4.69, 9.17) is 9.47 Å². The van der Waals surface area contributed by atoms with Crippen LogP contribution in [-0.4, -0.2) is 62.2 Å². The fourth-order valence-electron chi connectivity index (χ4n) is 3.72. The van der Waals surface area contributed by atoms with Crippen LogP contribution in [0.5, 0.6) is 5.75 Å². The van der Waals surface area contributed by atoms with Crippen LogP contribution in [0.1, 0.15) is 31.0 Å². The number of rotatable bonds is 8. The number of likely N-dealkylation sites (tertiary alicyclic amines) is 1. The van der Waals surface area contributed by atoms with E-state index in [1.807, 2.05) is 57.1 Å². The Morgan fingerprint density at radius 3 is 2.22 bits per heavy atom. The Balaban J connectivity index is 2.07. The van der Waals surface area contributed by atoms with Crippen LogP contribution in [0.3, 0.4) is 0 Å². The number of methoxy groups -OCH3 is 1. The van der Waals surface area contributed by atoms with E-state index in [0.29, 0.717) is 11.3 Å². The summed E-state index contributed by atoms with van der Waals surface area (Å²) < 4.78 is 10.8. The molecule has 7 nitrogen and oxygen atoms in total. The van der Waals surface area contributed by atoms with Gasteiger partial charge in [0.05, 0.1) is 24.3 Å². The van der Waals surface area contributed by atoms with Crippen molar-refractivity contribution < 1.29 is 24.2 Å². The van der Waals surface area contributed by atoms with E-state index in [1.165, 1.54) is 12.0 Å². The van der Waals surface area contributed by atoms with Gasteiger partial charge in [0.15, 0.2) is 0 Å². The van der Waals surface area contributed by atoms with Crippen LogP contribution < -0.4 is 9.64 Å². The molecule has 1 saturated heterocycles. The number of carbonyl (C=O) groups is 2. The molecule has 7 heteroatoms. The molecule has 2 aromatic carbocycles. The highest BCUT2D eigenvalue weighted by Gasteiger charge is 2.45. The number of Topliss-reactive ketones (excluding diaryl/α,β-unsaturated/α-hetero) is 1. The van der Waals surface area contributed by atoms with Crippen molar-refractivity contribution in [2.45, 2.75) is 26.0 Å². The summed E-state index contributed by atoms with van der Waals surface area (Å²) in [5.41, 5.74) is 2.25. The van der Waals surface area contributed by atoms with Crippen molar-refractivity contribution in [3.05, 3.63) is 65.2 Å². The first-order chi connectivity index (χ1) is 15.2. The average molecular weight is 439 g/mol. The molecule has 1 atom stereocenters. The molecule has 3 rings (SSSR count). The molecule has 1 fully saturated rings. The van der Waals surface area contributed by atoms with Crippen molar-refractivity contribution in [3.63, 3.8) is 0 Å². The highest BCUT2D eigenvalue weighted by molar-refractivity contribution is 6.46. The third-order valence-electron chi connectivity index (χ3n) is 5.30. The molecule has 32 heavy (non-hydrogen) atoms. The monoisotopic (exact) mass is 438 g/mol. The number of nitrogens with zero attached hydrogens (tertiary/aromatic N) is 2. The van der Waals surface area contributed by atoms with Gasteiger partial charge >= 0.3 is 0 Å². The minimum Gasteiger partial charge on any atom is -0.507 e. The smallest absolute Gasteiger partial charge is 0.295 e. The predicted octanol–water partition coefficient (Wildman–Crippen LogP) is 3.61. The van der Waals surface area contributed by atoms with Gasteiger partial charge in [-0.05, 0) is 55.8 Å². The molecule has 1 aliphatic heterocycles. The highest BCUT2D eigenvalue weighted by Crippen LogP contribution is 2.39. The van der Waals surface area contributed by atoms with Crippen LogP contribution >= 0.6 is 0 Å². The standard InChI is InChI=1S/C25H30N2O5/c1-16(2)32-20-12-8-18(9-13-20)23(28)21-22(17-6-10-19(11-7-17)26(3)4)27(14-15-31-5)25(30)24(21)29/h6-13,16,22,28H,14-15H2,1-5H3/b23-21-. The van der Waals surface area contributed by atoms with Gasteiger partial charge in [-0.3, -0.25) is 9.59 Å². The van der Waals surface area contributed by atoms with E-state index in [1.54, 1.807) is 24.3 Å². The Morgan fingerprint density at radius 1 is 1.06 bits per heavy atom. The van der Waals surface area contributed by atoms with Crippen molar-refractivity contribution in [2.24, 2.45) is 0 Å². The summed E-state index contributed by atoms with van der Waals surface area (Å²) in [7, 11) is 5.41. The summed E-state index contributed by atoms with van der Waals surface area (Å²) in [5.74, 6) is -0.901. The van der Waals surface area contributed by atoms with Crippen LogP contribution in [0.15, 0.2) is 54.1 Å². The lowest BCUT2D eigenvalue weighted by molar-refractivity contribution is -0.140. The van der Waals surface area contributed by atoms with Gasteiger partial charge in [0.25, 0.3) is 11.7 Å². The molecule has 170 valence electrons. The van der Waals surface area contributed by atoms with Crippen molar-refractivity contribution in [1.29, 1.82) is 0 Å². The number of hydrogen-bond acceptors (Lipinski definition) is 6. The molecule has 0 bridgehead atoms. The predicted molar refractivity (Wildman–Crippen MR) is 124 cm³/mol. The number of benzene rings is 2. The Kier molecular flexibility index (Phi) is 7.20. The maximum absolute atomic E-state index is 13.0. The maximum atomic E-state index is 13.0. The largest absolute Gasteiger partial charge is 0.507 e. The molecule has 1 heterocycles. The van der Waals surface area contributed by atoms with Gasteiger partial charge in [0.1, 0.15) is 11.5 Å². The van der Waals surface area contributed by atoms with E-state index in [-0.39, 0.29) is 30.6 Å². The number of amides is 1. The summed E-state index contributed by atoms with van der Waals surface area (Å²) in [5, 5.41) is 11.1. The SMILES string of the molecule is COCCN1C(=O)C(=O)/C(=C(\O)c2ccc(OC(C)C)cc2)C1c1ccc(N(C)C)cc1. The first-order valence-corrected chi connectivity index (χ1v) is 10.6. The summed E-state index contributed by atoms with van der Waals surface area (Å²) in [4.78, 5) is 29.2. The minimum absolute atomic E-state index is 0.0192. The van der Waals surface area contributed by atoms with E-state index in [9.17, 15) is 14.7 Å². The molecule has 1 unspecified atom stereocenters. The molecule has 1 aliphatic rings. The van der Waals surface area contributed by atoms with Crippen LogP contribution in [0.25, 0.3) is 5.76 Å². The number of aliphatic hydroxyl groups excluding tert-OH is 1. The molecular weight excluding hydrogens is 408 g/mol. The molecule has 0 radical (unpaired) electrons. The fourth-order valence-corrected chi connectivity index (χ4v) is 3.72. The van der Waals surface area contributed by atoms with Crippen LogP contribution in [0.2, 0.25) is 0 Å². The topological polar surface area (TPSA) is 79.3 Å². The number of aliphatic hydroxyl groups is 1. The van der Waals surface area contributed by atoms with Gasteiger partial charge < -0.3 is 24.4 Å². The van der Waals surface area contributed by atoms with Crippen LogP contribution in [0, 0.1) is 0 Å². The molecule has 0 aliphatic carbocycles. The Morgan fingerprint density at radius 2 is 1.69 bits per heavy atom. The first kappa shape index (κ1) is 23.3. The molecule has 2 aromatic rings. The molecule has 0 spiro atoms. The van der Waals surface area contributed by atoms with Crippen LogP contribution in [-0.2, 0) is 14.3 Å². The Hall–Kier alpha value is -3.32.